The number of likely N-dealkylation sites (tertiary alicyclic amines) is 1. The number of benzene rings is 1. The molecule has 0 spiro atoms. The van der Waals surface area contributed by atoms with Gasteiger partial charge in [-0.15, -0.1) is 0 Å². The highest BCUT2D eigenvalue weighted by atomic mass is 16.3. The Kier molecular flexibility index (Phi) is 4.76. The molecule has 0 saturated carbocycles. The molecule has 0 radical (unpaired) electrons. The van der Waals surface area contributed by atoms with Gasteiger partial charge in [0.15, 0.2) is 12.1 Å². The molecule has 23 heavy (non-hydrogen) atoms. The summed E-state index contributed by atoms with van der Waals surface area (Å²) < 4.78 is 5.06. The Balaban J connectivity index is 1.47. The second kappa shape index (κ2) is 6.96. The predicted molar refractivity (Wildman–Crippen MR) is 88.6 cm³/mol. The minimum atomic E-state index is -0.161. The summed E-state index contributed by atoms with van der Waals surface area (Å²) in [6.45, 7) is 7.56. The van der Waals surface area contributed by atoms with Crippen molar-refractivity contribution < 1.29 is 9.21 Å². The van der Waals surface area contributed by atoms with Gasteiger partial charge in [-0.25, -0.2) is 4.98 Å². The summed E-state index contributed by atoms with van der Waals surface area (Å²) in [5, 5.41) is 2.92. The van der Waals surface area contributed by atoms with Crippen molar-refractivity contribution in [2.75, 3.05) is 26.2 Å². The van der Waals surface area contributed by atoms with E-state index in [1.54, 1.807) is 6.92 Å². The van der Waals surface area contributed by atoms with Crippen LogP contribution < -0.4 is 5.32 Å². The molecule has 1 N–H and O–H groups in total. The number of rotatable bonds is 5. The summed E-state index contributed by atoms with van der Waals surface area (Å²) in [7, 11) is 0. The first-order valence-corrected chi connectivity index (χ1v) is 8.11. The molecule has 1 aromatic carbocycles. The van der Waals surface area contributed by atoms with Gasteiger partial charge in [-0.3, -0.25) is 4.79 Å². The average Bonchev–Trinajstić information content (AvgIpc) is 3.17. The lowest BCUT2D eigenvalue weighted by Crippen LogP contribution is -2.34. The summed E-state index contributed by atoms with van der Waals surface area (Å²) in [5.74, 6) is 0.999. The van der Waals surface area contributed by atoms with E-state index in [1.807, 2.05) is 0 Å². The quantitative estimate of drug-likeness (QED) is 0.921. The number of carbonyl (C=O) groups is 1. The van der Waals surface area contributed by atoms with Crippen molar-refractivity contribution in [1.29, 1.82) is 0 Å². The standard InChI is InChI=1S/C18H23N3O2/c1-13-5-3-4-6-16(13)15-7-9-21(11-15)10-8-19-18(22)17-14(2)23-12-20-17/h3-6,12,15H,7-11H2,1-2H3,(H,19,22)/t15-/m1/s1. The lowest BCUT2D eigenvalue weighted by Gasteiger charge is -2.17. The van der Waals surface area contributed by atoms with Crippen LogP contribution in [0.5, 0.6) is 0 Å². The van der Waals surface area contributed by atoms with Crippen molar-refractivity contribution in [3.8, 4) is 0 Å². The smallest absolute Gasteiger partial charge is 0.273 e. The number of nitrogens with zero attached hydrogens (tertiary/aromatic N) is 2. The Morgan fingerprint density at radius 2 is 2.22 bits per heavy atom. The van der Waals surface area contributed by atoms with Crippen LogP contribution in [0.1, 0.15) is 39.7 Å². The Labute approximate surface area is 136 Å². The zero-order valence-corrected chi connectivity index (χ0v) is 13.7. The SMILES string of the molecule is Cc1ccccc1[C@@H]1CCN(CCNC(=O)c2ncoc2C)C1. The number of hydrogen-bond acceptors (Lipinski definition) is 4. The van der Waals surface area contributed by atoms with E-state index >= 15 is 0 Å². The highest BCUT2D eigenvalue weighted by molar-refractivity contribution is 5.92. The molecular formula is C18H23N3O2. The fraction of sp³-hybridized carbons (Fsp3) is 0.444. The molecule has 1 aromatic heterocycles. The van der Waals surface area contributed by atoms with Crippen LogP contribution in [-0.2, 0) is 0 Å². The van der Waals surface area contributed by atoms with E-state index in [9.17, 15) is 4.79 Å². The predicted octanol–water partition coefficient (Wildman–Crippen LogP) is 2.51. The van der Waals surface area contributed by atoms with Crippen molar-refractivity contribution in [1.82, 2.24) is 15.2 Å². The van der Waals surface area contributed by atoms with Crippen LogP contribution >= 0.6 is 0 Å². The van der Waals surface area contributed by atoms with Crippen LogP contribution in [0.4, 0.5) is 0 Å². The molecule has 5 heteroatoms. The summed E-state index contributed by atoms with van der Waals surface area (Å²) in [6.07, 6.45) is 2.48. The largest absolute Gasteiger partial charge is 0.448 e. The third kappa shape index (κ3) is 3.62. The second-order valence-corrected chi connectivity index (χ2v) is 6.16. The van der Waals surface area contributed by atoms with Gasteiger partial charge in [0.1, 0.15) is 5.76 Å². The summed E-state index contributed by atoms with van der Waals surface area (Å²) in [4.78, 5) is 18.3. The summed E-state index contributed by atoms with van der Waals surface area (Å²) in [5.41, 5.74) is 3.20. The van der Waals surface area contributed by atoms with Crippen LogP contribution in [0.25, 0.3) is 0 Å². The third-order valence-corrected chi connectivity index (χ3v) is 4.57. The molecule has 0 aliphatic carbocycles. The molecular weight excluding hydrogens is 290 g/mol. The molecule has 2 aromatic rings. The van der Waals surface area contributed by atoms with Crippen LogP contribution in [0, 0.1) is 13.8 Å². The summed E-state index contributed by atoms with van der Waals surface area (Å²) >= 11 is 0. The number of aromatic nitrogens is 1. The molecule has 1 fully saturated rings. The normalized spacial score (nSPS) is 18.3. The first-order chi connectivity index (χ1) is 11.1. The first kappa shape index (κ1) is 15.7. The lowest BCUT2D eigenvalue weighted by atomic mass is 9.94. The molecule has 1 amide bonds. The van der Waals surface area contributed by atoms with Crippen LogP contribution in [-0.4, -0.2) is 42.0 Å². The van der Waals surface area contributed by atoms with Gasteiger partial charge in [0.05, 0.1) is 0 Å². The topological polar surface area (TPSA) is 58.4 Å². The minimum Gasteiger partial charge on any atom is -0.448 e. The molecule has 122 valence electrons. The Morgan fingerprint density at radius 3 is 2.96 bits per heavy atom. The van der Waals surface area contributed by atoms with Gasteiger partial charge in [-0.2, -0.15) is 0 Å². The van der Waals surface area contributed by atoms with Crippen molar-refractivity contribution >= 4 is 5.91 Å². The summed E-state index contributed by atoms with van der Waals surface area (Å²) in [6, 6.07) is 8.62. The van der Waals surface area contributed by atoms with Gasteiger partial charge < -0.3 is 14.6 Å². The maximum absolute atomic E-state index is 12.0. The number of oxazole rings is 1. The van der Waals surface area contributed by atoms with Gasteiger partial charge in [-0.05, 0) is 43.9 Å². The highest BCUT2D eigenvalue weighted by Gasteiger charge is 2.24. The van der Waals surface area contributed by atoms with Gasteiger partial charge in [0, 0.05) is 19.6 Å². The monoisotopic (exact) mass is 313 g/mol. The molecule has 0 unspecified atom stereocenters. The van der Waals surface area contributed by atoms with Crippen molar-refractivity contribution in [2.24, 2.45) is 0 Å². The Bertz CT molecular complexity index is 680. The molecule has 2 heterocycles. The Morgan fingerprint density at radius 1 is 1.39 bits per heavy atom. The van der Waals surface area contributed by atoms with E-state index in [2.05, 4.69) is 46.4 Å². The van der Waals surface area contributed by atoms with E-state index in [-0.39, 0.29) is 5.91 Å². The third-order valence-electron chi connectivity index (χ3n) is 4.57. The Hall–Kier alpha value is -2.14. The van der Waals surface area contributed by atoms with E-state index in [0.29, 0.717) is 23.9 Å². The van der Waals surface area contributed by atoms with E-state index in [0.717, 1.165) is 19.6 Å². The highest BCUT2D eigenvalue weighted by Crippen LogP contribution is 2.28. The number of aryl methyl sites for hydroxylation is 2. The average molecular weight is 313 g/mol. The second-order valence-electron chi connectivity index (χ2n) is 6.16. The molecule has 5 nitrogen and oxygen atoms in total. The minimum absolute atomic E-state index is 0.161. The number of amides is 1. The van der Waals surface area contributed by atoms with E-state index < -0.39 is 0 Å². The van der Waals surface area contributed by atoms with Crippen LogP contribution in [0.2, 0.25) is 0 Å². The van der Waals surface area contributed by atoms with Crippen LogP contribution in [0.15, 0.2) is 35.1 Å². The number of hydrogen-bond donors (Lipinski definition) is 1. The van der Waals surface area contributed by atoms with Gasteiger partial charge in [0.2, 0.25) is 0 Å². The zero-order chi connectivity index (χ0) is 16.2. The maximum Gasteiger partial charge on any atom is 0.273 e. The lowest BCUT2D eigenvalue weighted by molar-refractivity contribution is 0.0944. The van der Waals surface area contributed by atoms with Crippen molar-refractivity contribution in [3.63, 3.8) is 0 Å². The molecule has 1 aliphatic heterocycles. The molecule has 0 bridgehead atoms. The first-order valence-electron chi connectivity index (χ1n) is 8.11. The fourth-order valence-electron chi connectivity index (χ4n) is 3.27. The van der Waals surface area contributed by atoms with Crippen molar-refractivity contribution in [3.05, 3.63) is 53.2 Å². The number of carbonyl (C=O) groups excluding carboxylic acids is 1. The van der Waals surface area contributed by atoms with Gasteiger partial charge in [-0.1, -0.05) is 24.3 Å². The fourth-order valence-corrected chi connectivity index (χ4v) is 3.27. The van der Waals surface area contributed by atoms with Gasteiger partial charge >= 0.3 is 0 Å². The molecule has 1 atom stereocenters. The molecule has 1 aliphatic rings. The maximum atomic E-state index is 12.0. The van der Waals surface area contributed by atoms with Gasteiger partial charge in [0.25, 0.3) is 5.91 Å². The van der Waals surface area contributed by atoms with Crippen LogP contribution in [0.3, 0.4) is 0 Å². The zero-order valence-electron chi connectivity index (χ0n) is 13.7. The molecule has 3 rings (SSSR count). The van der Waals surface area contributed by atoms with E-state index in [1.165, 1.54) is 23.9 Å². The van der Waals surface area contributed by atoms with E-state index in [4.69, 9.17) is 4.42 Å². The number of nitrogens with one attached hydrogen (secondary N) is 1. The van der Waals surface area contributed by atoms with Crippen molar-refractivity contribution in [2.45, 2.75) is 26.2 Å². The molecule has 1 saturated heterocycles.